The Morgan fingerprint density at radius 2 is 1.95 bits per heavy atom. The molecule has 0 saturated heterocycles. The molecule has 0 radical (unpaired) electrons. The first-order valence-electron chi connectivity index (χ1n) is 5.55. The molecule has 0 unspecified atom stereocenters. The lowest BCUT2D eigenvalue weighted by molar-refractivity contribution is -0.137. The van der Waals surface area contributed by atoms with E-state index in [0.717, 1.165) is 23.5 Å². The summed E-state index contributed by atoms with van der Waals surface area (Å²) in [4.78, 5) is 11.9. The number of hydrogen-bond donors (Lipinski definition) is 0. The number of hydrogen-bond acceptors (Lipinski definition) is 3. The molecule has 2 aromatic rings. The third-order valence-corrected chi connectivity index (χ3v) is 3.98. The standard InChI is InChI=1S/C13H7Cl2F3O2S/c14-11-5-9(12(15)21-11)10(19)6-20-8-3-1-2-7(4-8)13(16,17)18/h1-5H,6H2. The van der Waals surface area contributed by atoms with Gasteiger partial charge in [0.1, 0.15) is 10.1 Å². The maximum absolute atomic E-state index is 12.5. The number of alkyl halides is 3. The predicted molar refractivity (Wildman–Crippen MR) is 75.6 cm³/mol. The highest BCUT2D eigenvalue weighted by molar-refractivity contribution is 7.20. The Morgan fingerprint density at radius 1 is 1.24 bits per heavy atom. The number of thiophene rings is 1. The quantitative estimate of drug-likeness (QED) is 0.693. The second-order valence-corrected chi connectivity index (χ2v) is 6.26. The Bertz CT molecular complexity index is 668. The van der Waals surface area contributed by atoms with Gasteiger partial charge in [0.2, 0.25) is 5.78 Å². The van der Waals surface area contributed by atoms with E-state index in [1.165, 1.54) is 18.2 Å². The van der Waals surface area contributed by atoms with Gasteiger partial charge >= 0.3 is 6.18 Å². The van der Waals surface area contributed by atoms with Crippen LogP contribution in [0.15, 0.2) is 30.3 Å². The molecule has 0 fully saturated rings. The van der Waals surface area contributed by atoms with E-state index in [0.29, 0.717) is 4.34 Å². The zero-order valence-electron chi connectivity index (χ0n) is 10.2. The van der Waals surface area contributed by atoms with Crippen molar-refractivity contribution in [3.05, 3.63) is 50.1 Å². The van der Waals surface area contributed by atoms with E-state index in [9.17, 15) is 18.0 Å². The van der Waals surface area contributed by atoms with Gasteiger partial charge in [-0.1, -0.05) is 29.3 Å². The first-order chi connectivity index (χ1) is 9.77. The average molecular weight is 355 g/mol. The van der Waals surface area contributed by atoms with Crippen LogP contribution in [0.3, 0.4) is 0 Å². The minimum Gasteiger partial charge on any atom is -0.485 e. The lowest BCUT2D eigenvalue weighted by Crippen LogP contribution is -2.12. The third-order valence-electron chi connectivity index (χ3n) is 2.49. The highest BCUT2D eigenvalue weighted by Crippen LogP contribution is 2.32. The van der Waals surface area contributed by atoms with Gasteiger partial charge in [0, 0.05) is 0 Å². The number of carbonyl (C=O) groups excluding carboxylic acids is 1. The second kappa shape index (κ2) is 6.25. The number of carbonyl (C=O) groups is 1. The van der Waals surface area contributed by atoms with Crippen molar-refractivity contribution < 1.29 is 22.7 Å². The molecule has 2 rings (SSSR count). The minimum atomic E-state index is -4.46. The van der Waals surface area contributed by atoms with Crippen molar-refractivity contribution >= 4 is 40.3 Å². The monoisotopic (exact) mass is 354 g/mol. The van der Waals surface area contributed by atoms with Gasteiger partial charge in [-0.2, -0.15) is 13.2 Å². The molecule has 21 heavy (non-hydrogen) atoms. The summed E-state index contributed by atoms with van der Waals surface area (Å²) in [6, 6.07) is 5.69. The maximum atomic E-state index is 12.5. The zero-order valence-corrected chi connectivity index (χ0v) is 12.5. The van der Waals surface area contributed by atoms with Crippen molar-refractivity contribution in [2.45, 2.75) is 6.18 Å². The van der Waals surface area contributed by atoms with Crippen LogP contribution in [-0.2, 0) is 6.18 Å². The van der Waals surface area contributed by atoms with Gasteiger partial charge in [0.05, 0.1) is 15.5 Å². The molecule has 0 atom stereocenters. The van der Waals surface area contributed by atoms with Crippen LogP contribution in [-0.4, -0.2) is 12.4 Å². The Balaban J connectivity index is 2.07. The Hall–Kier alpha value is -1.24. The third kappa shape index (κ3) is 4.12. The molecule has 1 heterocycles. The van der Waals surface area contributed by atoms with Crippen molar-refractivity contribution in [1.82, 2.24) is 0 Å². The molecule has 0 aliphatic carbocycles. The van der Waals surface area contributed by atoms with Gasteiger partial charge in [-0.05, 0) is 24.3 Å². The van der Waals surface area contributed by atoms with Gasteiger partial charge in [0.25, 0.3) is 0 Å². The number of ether oxygens (including phenoxy) is 1. The summed E-state index contributed by atoms with van der Waals surface area (Å²) in [6.45, 7) is -0.423. The van der Waals surface area contributed by atoms with Crippen molar-refractivity contribution in [2.75, 3.05) is 6.61 Å². The van der Waals surface area contributed by atoms with Crippen molar-refractivity contribution in [3.63, 3.8) is 0 Å². The van der Waals surface area contributed by atoms with E-state index < -0.39 is 24.1 Å². The van der Waals surface area contributed by atoms with Crippen LogP contribution in [0.2, 0.25) is 8.67 Å². The lowest BCUT2D eigenvalue weighted by atomic mass is 10.2. The largest absolute Gasteiger partial charge is 0.485 e. The molecule has 0 N–H and O–H groups in total. The summed E-state index contributed by atoms with van der Waals surface area (Å²) in [5, 5.41) is 0. The van der Waals surface area contributed by atoms with Gasteiger partial charge in [-0.3, -0.25) is 4.79 Å². The molecular weight excluding hydrogens is 348 g/mol. The molecule has 8 heteroatoms. The molecular formula is C13H7Cl2F3O2S. The fourth-order valence-corrected chi connectivity index (χ4v) is 3.02. The van der Waals surface area contributed by atoms with Crippen molar-refractivity contribution in [2.24, 2.45) is 0 Å². The molecule has 112 valence electrons. The van der Waals surface area contributed by atoms with Crippen LogP contribution in [0.5, 0.6) is 5.75 Å². The maximum Gasteiger partial charge on any atom is 0.416 e. The fraction of sp³-hybridized carbons (Fsp3) is 0.154. The lowest BCUT2D eigenvalue weighted by Gasteiger charge is -2.09. The first-order valence-corrected chi connectivity index (χ1v) is 7.12. The second-order valence-electron chi connectivity index (χ2n) is 3.98. The number of halogens is 5. The van der Waals surface area contributed by atoms with Crippen molar-refractivity contribution in [1.29, 1.82) is 0 Å². The molecule has 0 aliphatic rings. The zero-order chi connectivity index (χ0) is 15.6. The minimum absolute atomic E-state index is 0.0457. The number of rotatable bonds is 4. The van der Waals surface area contributed by atoms with Gasteiger partial charge in [0.15, 0.2) is 6.61 Å². The van der Waals surface area contributed by atoms with Crippen LogP contribution in [0.4, 0.5) is 13.2 Å². The van der Waals surface area contributed by atoms with E-state index >= 15 is 0 Å². The van der Waals surface area contributed by atoms with E-state index in [1.54, 1.807) is 0 Å². The number of ketones is 1. The summed E-state index contributed by atoms with van der Waals surface area (Å²) in [5.41, 5.74) is -0.650. The molecule has 0 aliphatic heterocycles. The van der Waals surface area contributed by atoms with Gasteiger partial charge in [-0.25, -0.2) is 0 Å². The fourth-order valence-electron chi connectivity index (χ4n) is 1.52. The average Bonchev–Trinajstić information content (AvgIpc) is 2.74. The molecule has 1 aromatic carbocycles. The molecule has 0 amide bonds. The first kappa shape index (κ1) is 16.1. The van der Waals surface area contributed by atoms with E-state index in [2.05, 4.69) is 0 Å². The Morgan fingerprint density at radius 3 is 2.52 bits per heavy atom. The summed E-state index contributed by atoms with van der Waals surface area (Å²) in [5.74, 6) is -0.504. The summed E-state index contributed by atoms with van der Waals surface area (Å²) >= 11 is 12.6. The molecule has 0 bridgehead atoms. The van der Waals surface area contributed by atoms with E-state index in [1.807, 2.05) is 0 Å². The molecule has 0 spiro atoms. The number of Topliss-reactive ketones (excluding diaryl/α,β-unsaturated/α-hetero) is 1. The summed E-state index contributed by atoms with van der Waals surface area (Å²) in [7, 11) is 0. The van der Waals surface area contributed by atoms with Crippen LogP contribution in [0.25, 0.3) is 0 Å². The summed E-state index contributed by atoms with van der Waals surface area (Å²) < 4.78 is 43.2. The van der Waals surface area contributed by atoms with Crippen LogP contribution in [0.1, 0.15) is 15.9 Å². The van der Waals surface area contributed by atoms with E-state index in [-0.39, 0.29) is 15.6 Å². The smallest absolute Gasteiger partial charge is 0.416 e. The highest BCUT2D eigenvalue weighted by Gasteiger charge is 2.30. The van der Waals surface area contributed by atoms with Crippen molar-refractivity contribution in [3.8, 4) is 5.75 Å². The van der Waals surface area contributed by atoms with Crippen LogP contribution >= 0.6 is 34.5 Å². The Labute approximate surface area is 132 Å². The molecule has 0 saturated carbocycles. The Kier molecular flexibility index (Phi) is 4.81. The topological polar surface area (TPSA) is 26.3 Å². The predicted octanol–water partition coefficient (Wildman–Crippen LogP) is 5.34. The van der Waals surface area contributed by atoms with Gasteiger partial charge < -0.3 is 4.74 Å². The van der Waals surface area contributed by atoms with Gasteiger partial charge in [-0.15, -0.1) is 11.3 Å². The van der Waals surface area contributed by atoms with Crippen LogP contribution in [0, 0.1) is 0 Å². The highest BCUT2D eigenvalue weighted by atomic mass is 35.5. The van der Waals surface area contributed by atoms with E-state index in [4.69, 9.17) is 27.9 Å². The SMILES string of the molecule is O=C(COc1cccc(C(F)(F)F)c1)c1cc(Cl)sc1Cl. The summed E-state index contributed by atoms with van der Waals surface area (Å²) in [6.07, 6.45) is -4.46. The molecule has 1 aromatic heterocycles. The molecule has 2 nitrogen and oxygen atoms in total. The number of benzene rings is 1. The van der Waals surface area contributed by atoms with Crippen LogP contribution < -0.4 is 4.74 Å². The normalized spacial score (nSPS) is 11.5.